The van der Waals surface area contributed by atoms with Crippen molar-refractivity contribution in [2.75, 3.05) is 4.90 Å². The molecule has 0 saturated heterocycles. The molecule has 0 aliphatic carbocycles. The summed E-state index contributed by atoms with van der Waals surface area (Å²) in [6, 6.07) is 15.2. The van der Waals surface area contributed by atoms with Crippen molar-refractivity contribution < 1.29 is 9.72 Å². The summed E-state index contributed by atoms with van der Waals surface area (Å²) in [6.07, 6.45) is 4.60. The second kappa shape index (κ2) is 9.25. The molecule has 0 bridgehead atoms. The molecule has 0 atom stereocenters. The molecule has 7 nitrogen and oxygen atoms in total. The molecule has 2 aromatic carbocycles. The summed E-state index contributed by atoms with van der Waals surface area (Å²) in [4.78, 5) is 34.3. The minimum Gasteiger partial charge on any atom is -0.278 e. The SMILES string of the molecule is Cc1cc(Cl)cc2sc(N(Cc3ccccn3)C(=O)/C=C/c3cccc([N+](=O)[O-])c3)nc12. The van der Waals surface area contributed by atoms with Gasteiger partial charge in [-0.3, -0.25) is 24.8 Å². The molecule has 160 valence electrons. The Morgan fingerprint density at radius 3 is 2.81 bits per heavy atom. The van der Waals surface area contributed by atoms with E-state index in [1.165, 1.54) is 34.4 Å². The molecule has 0 saturated carbocycles. The number of non-ortho nitro benzene ring substituents is 1. The number of amides is 1. The molecular weight excluding hydrogens is 448 g/mol. The third kappa shape index (κ3) is 4.82. The van der Waals surface area contributed by atoms with Gasteiger partial charge < -0.3 is 0 Å². The van der Waals surface area contributed by atoms with Crippen LogP contribution in [0.2, 0.25) is 5.02 Å². The van der Waals surface area contributed by atoms with E-state index in [1.807, 2.05) is 31.2 Å². The molecule has 32 heavy (non-hydrogen) atoms. The number of hydrogen-bond donors (Lipinski definition) is 0. The van der Waals surface area contributed by atoms with Gasteiger partial charge in [0.25, 0.3) is 11.6 Å². The van der Waals surface area contributed by atoms with Gasteiger partial charge in [-0.2, -0.15) is 0 Å². The van der Waals surface area contributed by atoms with Gasteiger partial charge in [-0.05, 0) is 48.4 Å². The summed E-state index contributed by atoms with van der Waals surface area (Å²) in [6.45, 7) is 2.15. The van der Waals surface area contributed by atoms with Crippen LogP contribution in [-0.2, 0) is 11.3 Å². The smallest absolute Gasteiger partial charge is 0.270 e. The largest absolute Gasteiger partial charge is 0.278 e. The van der Waals surface area contributed by atoms with E-state index in [-0.39, 0.29) is 18.1 Å². The molecule has 0 spiro atoms. The van der Waals surface area contributed by atoms with Crippen molar-refractivity contribution in [1.29, 1.82) is 0 Å². The van der Waals surface area contributed by atoms with Crippen LogP contribution in [0.4, 0.5) is 10.8 Å². The standard InChI is InChI=1S/C23H17ClN4O3S/c1-15-11-17(24)13-20-22(15)26-23(32-20)27(14-18-6-2-3-10-25-18)21(29)9-8-16-5-4-7-19(12-16)28(30)31/h2-13H,14H2,1H3/b9-8+. The lowest BCUT2D eigenvalue weighted by molar-refractivity contribution is -0.384. The Morgan fingerprint density at radius 2 is 2.06 bits per heavy atom. The number of halogens is 1. The highest BCUT2D eigenvalue weighted by Gasteiger charge is 2.20. The number of hydrogen-bond acceptors (Lipinski definition) is 6. The number of anilines is 1. The van der Waals surface area contributed by atoms with Gasteiger partial charge in [-0.15, -0.1) is 0 Å². The van der Waals surface area contributed by atoms with Crippen molar-refractivity contribution >= 4 is 56.0 Å². The lowest BCUT2D eigenvalue weighted by Crippen LogP contribution is -2.29. The van der Waals surface area contributed by atoms with Crippen LogP contribution < -0.4 is 4.90 Å². The number of benzene rings is 2. The number of carbonyl (C=O) groups excluding carboxylic acids is 1. The van der Waals surface area contributed by atoms with Crippen LogP contribution in [0.3, 0.4) is 0 Å². The van der Waals surface area contributed by atoms with Gasteiger partial charge in [-0.25, -0.2) is 4.98 Å². The van der Waals surface area contributed by atoms with Crippen molar-refractivity contribution in [1.82, 2.24) is 9.97 Å². The van der Waals surface area contributed by atoms with Crippen LogP contribution >= 0.6 is 22.9 Å². The normalized spacial score (nSPS) is 11.2. The Labute approximate surface area is 192 Å². The number of nitro groups is 1. The number of rotatable bonds is 6. The van der Waals surface area contributed by atoms with Gasteiger partial charge in [0.15, 0.2) is 5.13 Å². The Bertz CT molecular complexity index is 1340. The molecule has 4 aromatic rings. The molecule has 0 aliphatic heterocycles. The second-order valence-electron chi connectivity index (χ2n) is 7.00. The van der Waals surface area contributed by atoms with E-state index in [2.05, 4.69) is 9.97 Å². The minimum absolute atomic E-state index is 0.0385. The summed E-state index contributed by atoms with van der Waals surface area (Å²) < 4.78 is 0.881. The monoisotopic (exact) mass is 464 g/mol. The molecule has 9 heteroatoms. The number of pyridine rings is 1. The summed E-state index contributed by atoms with van der Waals surface area (Å²) in [5.41, 5.74) is 2.93. The Balaban J connectivity index is 1.69. The van der Waals surface area contributed by atoms with Crippen LogP contribution in [-0.4, -0.2) is 20.8 Å². The summed E-state index contributed by atoms with van der Waals surface area (Å²) in [7, 11) is 0. The van der Waals surface area contributed by atoms with Gasteiger partial charge in [0.2, 0.25) is 0 Å². The van der Waals surface area contributed by atoms with E-state index < -0.39 is 4.92 Å². The fraction of sp³-hybridized carbons (Fsp3) is 0.0870. The van der Waals surface area contributed by atoms with E-state index in [4.69, 9.17) is 11.6 Å². The van der Waals surface area contributed by atoms with Crippen molar-refractivity contribution in [3.63, 3.8) is 0 Å². The Morgan fingerprint density at radius 1 is 1.22 bits per heavy atom. The first-order valence-corrected chi connectivity index (χ1v) is 10.8. The van der Waals surface area contributed by atoms with Crippen molar-refractivity contribution in [2.24, 2.45) is 0 Å². The molecule has 0 N–H and O–H groups in total. The maximum atomic E-state index is 13.2. The zero-order chi connectivity index (χ0) is 22.7. The average molecular weight is 465 g/mol. The van der Waals surface area contributed by atoms with E-state index in [0.717, 1.165) is 15.8 Å². The zero-order valence-corrected chi connectivity index (χ0v) is 18.5. The predicted molar refractivity (Wildman–Crippen MR) is 127 cm³/mol. The molecule has 0 aliphatic rings. The quantitative estimate of drug-likeness (QED) is 0.204. The highest BCUT2D eigenvalue weighted by Crippen LogP contribution is 2.33. The number of fused-ring (bicyclic) bond motifs is 1. The molecule has 1 amide bonds. The van der Waals surface area contributed by atoms with E-state index in [1.54, 1.807) is 30.5 Å². The van der Waals surface area contributed by atoms with Gasteiger partial charge in [0, 0.05) is 29.4 Å². The van der Waals surface area contributed by atoms with Crippen LogP contribution in [0.25, 0.3) is 16.3 Å². The number of nitrogens with zero attached hydrogens (tertiary/aromatic N) is 4. The highest BCUT2D eigenvalue weighted by atomic mass is 35.5. The lowest BCUT2D eigenvalue weighted by atomic mass is 10.2. The maximum absolute atomic E-state index is 13.2. The third-order valence-electron chi connectivity index (χ3n) is 4.68. The van der Waals surface area contributed by atoms with Crippen LogP contribution in [0.1, 0.15) is 16.8 Å². The number of carbonyl (C=O) groups is 1. The summed E-state index contributed by atoms with van der Waals surface area (Å²) >= 11 is 7.55. The van der Waals surface area contributed by atoms with Crippen LogP contribution in [0.15, 0.2) is 66.9 Å². The minimum atomic E-state index is -0.471. The van der Waals surface area contributed by atoms with Gasteiger partial charge in [0.05, 0.1) is 27.4 Å². The fourth-order valence-corrected chi connectivity index (χ4v) is 4.58. The number of aryl methyl sites for hydroxylation is 1. The summed E-state index contributed by atoms with van der Waals surface area (Å²) in [5, 5.41) is 12.1. The first-order valence-electron chi connectivity index (χ1n) is 9.61. The lowest BCUT2D eigenvalue weighted by Gasteiger charge is -2.17. The molecule has 0 fully saturated rings. The van der Waals surface area contributed by atoms with Gasteiger partial charge in [0.1, 0.15) is 0 Å². The first kappa shape index (κ1) is 21.6. The van der Waals surface area contributed by atoms with Crippen molar-refractivity contribution in [3.05, 3.63) is 98.8 Å². The molecule has 2 aromatic heterocycles. The third-order valence-corrected chi connectivity index (χ3v) is 5.93. The fourth-order valence-electron chi connectivity index (χ4n) is 3.15. The topological polar surface area (TPSA) is 89.2 Å². The van der Waals surface area contributed by atoms with Gasteiger partial charge in [-0.1, -0.05) is 41.1 Å². The predicted octanol–water partition coefficient (Wildman–Crippen LogP) is 5.81. The zero-order valence-electron chi connectivity index (χ0n) is 16.9. The number of thiazole rings is 1. The van der Waals surface area contributed by atoms with Crippen LogP contribution in [0, 0.1) is 17.0 Å². The van der Waals surface area contributed by atoms with Crippen molar-refractivity contribution in [2.45, 2.75) is 13.5 Å². The number of aromatic nitrogens is 2. The Kier molecular flexibility index (Phi) is 6.25. The molecule has 4 rings (SSSR count). The Hall–Kier alpha value is -3.62. The van der Waals surface area contributed by atoms with Crippen LogP contribution in [0.5, 0.6) is 0 Å². The highest BCUT2D eigenvalue weighted by molar-refractivity contribution is 7.22. The first-order chi connectivity index (χ1) is 15.4. The average Bonchev–Trinajstić information content (AvgIpc) is 3.21. The van der Waals surface area contributed by atoms with Crippen molar-refractivity contribution in [3.8, 4) is 0 Å². The van der Waals surface area contributed by atoms with E-state index in [9.17, 15) is 14.9 Å². The van der Waals surface area contributed by atoms with E-state index >= 15 is 0 Å². The van der Waals surface area contributed by atoms with Gasteiger partial charge >= 0.3 is 0 Å². The summed E-state index contributed by atoms with van der Waals surface area (Å²) in [5.74, 6) is -0.315. The van der Waals surface area contributed by atoms with E-state index in [0.29, 0.717) is 21.4 Å². The number of nitro benzene ring substituents is 1. The molecule has 2 heterocycles. The molecular formula is C23H17ClN4O3S. The second-order valence-corrected chi connectivity index (χ2v) is 8.44. The molecule has 0 unspecified atom stereocenters. The maximum Gasteiger partial charge on any atom is 0.270 e. The molecule has 0 radical (unpaired) electrons.